The highest BCUT2D eigenvalue weighted by Crippen LogP contribution is 2.38. The van der Waals surface area contributed by atoms with Gasteiger partial charge >= 0.3 is 0 Å². The first kappa shape index (κ1) is 23.3. The number of phenolic OH excluding ortho intramolecular Hbond substituents is 2. The minimum Gasteiger partial charge on any atom is -0.508 e. The molecule has 0 aliphatic heterocycles. The number of rotatable bonds is 10. The molecule has 1 rings (SSSR count). The van der Waals surface area contributed by atoms with Crippen LogP contribution < -0.4 is 0 Å². The molecule has 0 fully saturated rings. The Labute approximate surface area is 164 Å². The molecule has 0 saturated heterocycles. The van der Waals surface area contributed by atoms with Crippen molar-refractivity contribution in [1.29, 1.82) is 0 Å². The van der Waals surface area contributed by atoms with E-state index in [0.29, 0.717) is 18.4 Å². The maximum absolute atomic E-state index is 12.3. The molecule has 0 aromatic heterocycles. The zero-order valence-electron chi connectivity index (χ0n) is 17.3. The van der Waals surface area contributed by atoms with Crippen LogP contribution in [0.4, 0.5) is 0 Å². The first-order chi connectivity index (χ1) is 12.6. The van der Waals surface area contributed by atoms with Gasteiger partial charge in [-0.3, -0.25) is 0 Å². The van der Waals surface area contributed by atoms with Gasteiger partial charge in [0.25, 0.3) is 0 Å². The Kier molecular flexibility index (Phi) is 9.10. The monoisotopic (exact) mass is 394 g/mol. The largest absolute Gasteiger partial charge is 0.508 e. The van der Waals surface area contributed by atoms with E-state index >= 15 is 0 Å². The number of sulfone groups is 1. The molecule has 0 saturated carbocycles. The minimum absolute atomic E-state index is 0.0398. The standard InChI is InChI=1S/C22H34O4S/c1-6-7-8-12-18-15-20(23)19(21(24)22(18)27(5,25)26)14-13-17(4)11-9-10-16(2)3/h10,13,15,23-24H,6-9,11-12,14H2,1-5H3/b17-13+. The van der Waals surface area contributed by atoms with Crippen molar-refractivity contribution in [2.24, 2.45) is 0 Å². The summed E-state index contributed by atoms with van der Waals surface area (Å²) in [4.78, 5) is -0.0398. The number of allylic oxidation sites excluding steroid dienone is 4. The van der Waals surface area contributed by atoms with E-state index in [1.165, 1.54) is 11.6 Å². The summed E-state index contributed by atoms with van der Waals surface area (Å²) in [6, 6.07) is 1.51. The molecule has 4 nitrogen and oxygen atoms in total. The minimum atomic E-state index is -3.59. The van der Waals surface area contributed by atoms with Gasteiger partial charge in [0, 0.05) is 11.8 Å². The second-order valence-electron chi connectivity index (χ2n) is 7.52. The first-order valence-corrected chi connectivity index (χ1v) is 11.5. The number of phenols is 2. The Morgan fingerprint density at radius 1 is 1.11 bits per heavy atom. The molecular formula is C22H34O4S. The van der Waals surface area contributed by atoms with Gasteiger partial charge in [-0.15, -0.1) is 0 Å². The van der Waals surface area contributed by atoms with Crippen molar-refractivity contribution in [1.82, 2.24) is 0 Å². The van der Waals surface area contributed by atoms with E-state index in [-0.39, 0.29) is 22.0 Å². The molecule has 27 heavy (non-hydrogen) atoms. The topological polar surface area (TPSA) is 74.6 Å². The Bertz CT molecular complexity index is 798. The lowest BCUT2D eigenvalue weighted by atomic mass is 10.00. The highest BCUT2D eigenvalue weighted by atomic mass is 32.2. The third-order valence-corrected chi connectivity index (χ3v) is 5.78. The van der Waals surface area contributed by atoms with Gasteiger partial charge in [0.1, 0.15) is 16.4 Å². The molecule has 0 aliphatic carbocycles. The van der Waals surface area contributed by atoms with Crippen LogP contribution in [0.25, 0.3) is 0 Å². The Hall–Kier alpha value is -1.75. The average Bonchev–Trinajstić information content (AvgIpc) is 2.52. The molecule has 5 heteroatoms. The van der Waals surface area contributed by atoms with Crippen LogP contribution in [0.1, 0.15) is 70.9 Å². The second-order valence-corrected chi connectivity index (χ2v) is 9.47. The summed E-state index contributed by atoms with van der Waals surface area (Å²) >= 11 is 0. The van der Waals surface area contributed by atoms with Gasteiger partial charge in [-0.2, -0.15) is 0 Å². The van der Waals surface area contributed by atoms with Gasteiger partial charge in [-0.25, -0.2) is 8.42 Å². The molecule has 2 N–H and O–H groups in total. The zero-order valence-corrected chi connectivity index (χ0v) is 18.1. The van der Waals surface area contributed by atoms with Crippen molar-refractivity contribution in [2.75, 3.05) is 6.26 Å². The van der Waals surface area contributed by atoms with Gasteiger partial charge in [-0.05, 0) is 64.5 Å². The maximum Gasteiger partial charge on any atom is 0.179 e. The van der Waals surface area contributed by atoms with E-state index < -0.39 is 9.84 Å². The molecule has 1 aromatic rings. The number of hydrogen-bond acceptors (Lipinski definition) is 4. The quantitative estimate of drug-likeness (QED) is 0.408. The summed E-state index contributed by atoms with van der Waals surface area (Å²) in [5.41, 5.74) is 3.18. The van der Waals surface area contributed by atoms with Crippen molar-refractivity contribution in [3.8, 4) is 11.5 Å². The van der Waals surface area contributed by atoms with E-state index in [1.54, 1.807) is 0 Å². The Balaban J connectivity index is 3.16. The summed E-state index contributed by atoms with van der Waals surface area (Å²) in [6.45, 7) is 8.19. The third kappa shape index (κ3) is 7.41. The van der Waals surface area contributed by atoms with Crippen LogP contribution >= 0.6 is 0 Å². The van der Waals surface area contributed by atoms with Crippen molar-refractivity contribution < 1.29 is 18.6 Å². The molecule has 0 heterocycles. The zero-order chi connectivity index (χ0) is 20.6. The highest BCUT2D eigenvalue weighted by Gasteiger charge is 2.23. The maximum atomic E-state index is 12.3. The molecule has 0 bridgehead atoms. The molecule has 0 aliphatic rings. The van der Waals surface area contributed by atoms with Crippen LogP contribution in [0, 0.1) is 0 Å². The second kappa shape index (κ2) is 10.5. The van der Waals surface area contributed by atoms with Crippen molar-refractivity contribution in [3.05, 3.63) is 40.5 Å². The summed E-state index contributed by atoms with van der Waals surface area (Å²) in [5, 5.41) is 21.0. The van der Waals surface area contributed by atoms with Crippen molar-refractivity contribution in [3.63, 3.8) is 0 Å². The molecular weight excluding hydrogens is 360 g/mol. The summed E-state index contributed by atoms with van der Waals surface area (Å²) < 4.78 is 24.5. The van der Waals surface area contributed by atoms with Gasteiger partial charge in [0.15, 0.2) is 9.84 Å². The van der Waals surface area contributed by atoms with Gasteiger partial charge in [0.2, 0.25) is 0 Å². The predicted octanol–water partition coefficient (Wildman–Crippen LogP) is 5.47. The van der Waals surface area contributed by atoms with Crippen molar-refractivity contribution >= 4 is 9.84 Å². The van der Waals surface area contributed by atoms with E-state index in [4.69, 9.17) is 0 Å². The van der Waals surface area contributed by atoms with Crippen LogP contribution in [-0.4, -0.2) is 24.9 Å². The van der Waals surface area contributed by atoms with Crippen LogP contribution in [0.15, 0.2) is 34.3 Å². The van der Waals surface area contributed by atoms with E-state index in [1.807, 2.05) is 13.0 Å². The fraction of sp³-hybridized carbons (Fsp3) is 0.545. The van der Waals surface area contributed by atoms with Crippen LogP contribution in [0.3, 0.4) is 0 Å². The van der Waals surface area contributed by atoms with E-state index in [9.17, 15) is 18.6 Å². The fourth-order valence-electron chi connectivity index (χ4n) is 3.06. The number of unbranched alkanes of at least 4 members (excludes halogenated alkanes) is 2. The molecule has 0 atom stereocenters. The van der Waals surface area contributed by atoms with Gasteiger partial charge in [-0.1, -0.05) is 43.1 Å². The third-order valence-electron chi connectivity index (χ3n) is 4.58. The Morgan fingerprint density at radius 2 is 1.78 bits per heavy atom. The van der Waals surface area contributed by atoms with E-state index in [2.05, 4.69) is 26.8 Å². The number of hydrogen-bond donors (Lipinski definition) is 2. The van der Waals surface area contributed by atoms with Crippen LogP contribution in [0.2, 0.25) is 0 Å². The average molecular weight is 395 g/mol. The molecule has 1 aromatic carbocycles. The SMILES string of the molecule is CCCCCc1cc(O)c(C/C=C(\C)CCC=C(C)C)c(O)c1S(C)(=O)=O. The summed E-state index contributed by atoms with van der Waals surface area (Å²) in [5.74, 6) is -0.350. The first-order valence-electron chi connectivity index (χ1n) is 9.63. The predicted molar refractivity (Wildman–Crippen MR) is 112 cm³/mol. The van der Waals surface area contributed by atoms with Crippen molar-refractivity contribution in [2.45, 2.75) is 77.5 Å². The molecule has 152 valence electrons. The fourth-order valence-corrected chi connectivity index (χ4v) is 4.17. The van der Waals surface area contributed by atoms with Gasteiger partial charge in [0.05, 0.1) is 0 Å². The Morgan fingerprint density at radius 3 is 2.33 bits per heavy atom. The highest BCUT2D eigenvalue weighted by molar-refractivity contribution is 7.90. The molecule has 0 amide bonds. The number of aryl methyl sites for hydroxylation is 1. The molecule has 0 spiro atoms. The lowest BCUT2D eigenvalue weighted by Gasteiger charge is -2.15. The normalized spacial score (nSPS) is 12.3. The van der Waals surface area contributed by atoms with Gasteiger partial charge < -0.3 is 10.2 Å². The lowest BCUT2D eigenvalue weighted by molar-refractivity contribution is 0.427. The molecule has 0 unspecified atom stereocenters. The number of benzene rings is 1. The number of aromatic hydroxyl groups is 2. The van der Waals surface area contributed by atoms with Crippen LogP contribution in [-0.2, 0) is 22.7 Å². The summed E-state index contributed by atoms with van der Waals surface area (Å²) in [6.07, 6.45) is 10.7. The van der Waals surface area contributed by atoms with E-state index in [0.717, 1.165) is 43.9 Å². The smallest absolute Gasteiger partial charge is 0.179 e. The van der Waals surface area contributed by atoms with Crippen LogP contribution in [0.5, 0.6) is 11.5 Å². The summed E-state index contributed by atoms with van der Waals surface area (Å²) in [7, 11) is -3.59. The molecule has 0 radical (unpaired) electrons. The lowest BCUT2D eigenvalue weighted by Crippen LogP contribution is -2.05.